The van der Waals surface area contributed by atoms with Crippen molar-refractivity contribution in [1.29, 1.82) is 0 Å². The lowest BCUT2D eigenvalue weighted by Gasteiger charge is -2.15. The Labute approximate surface area is 203 Å². The van der Waals surface area contributed by atoms with Crippen LogP contribution in [0, 0.1) is 6.92 Å². The number of hydrogen-bond donors (Lipinski definition) is 2. The van der Waals surface area contributed by atoms with Crippen molar-refractivity contribution in [3.05, 3.63) is 106 Å². The molecule has 2 N–H and O–H groups in total. The Morgan fingerprint density at radius 2 is 1.77 bits per heavy atom. The number of aromatic nitrogens is 2. The van der Waals surface area contributed by atoms with E-state index < -0.39 is 0 Å². The molecule has 0 aliphatic carbocycles. The SMILES string of the molecule is COc1cc(C)ccc1Oc1cnn(C)c(=O)c1Nc1cccc(C(=O)NCc2ccccc2)c1. The predicted octanol–water partition coefficient (Wildman–Crippen LogP) is 4.56. The summed E-state index contributed by atoms with van der Waals surface area (Å²) in [5, 5.41) is 10.1. The Kier molecular flexibility index (Phi) is 7.11. The summed E-state index contributed by atoms with van der Waals surface area (Å²) < 4.78 is 12.6. The fourth-order valence-electron chi connectivity index (χ4n) is 3.46. The molecule has 0 fully saturated rings. The number of rotatable bonds is 8. The van der Waals surface area contributed by atoms with Gasteiger partial charge >= 0.3 is 0 Å². The van der Waals surface area contributed by atoms with Crippen molar-refractivity contribution >= 4 is 17.3 Å². The predicted molar refractivity (Wildman–Crippen MR) is 135 cm³/mol. The summed E-state index contributed by atoms with van der Waals surface area (Å²) >= 11 is 0. The minimum atomic E-state index is -0.382. The zero-order valence-electron chi connectivity index (χ0n) is 19.7. The van der Waals surface area contributed by atoms with Crippen LogP contribution in [0.2, 0.25) is 0 Å². The van der Waals surface area contributed by atoms with Gasteiger partial charge in [-0.3, -0.25) is 9.59 Å². The summed E-state index contributed by atoms with van der Waals surface area (Å²) in [7, 11) is 3.11. The fourth-order valence-corrected chi connectivity index (χ4v) is 3.46. The summed E-state index contributed by atoms with van der Waals surface area (Å²) in [5.41, 5.74) is 2.83. The third kappa shape index (κ3) is 5.67. The van der Waals surface area contributed by atoms with E-state index in [1.807, 2.05) is 49.4 Å². The number of nitrogens with zero attached hydrogens (tertiary/aromatic N) is 2. The molecule has 1 aromatic heterocycles. The summed E-state index contributed by atoms with van der Waals surface area (Å²) in [6.45, 7) is 2.36. The highest BCUT2D eigenvalue weighted by atomic mass is 16.5. The van der Waals surface area contributed by atoms with E-state index >= 15 is 0 Å². The number of benzene rings is 3. The quantitative estimate of drug-likeness (QED) is 0.392. The minimum absolute atomic E-state index is 0.187. The van der Waals surface area contributed by atoms with Gasteiger partial charge in [-0.1, -0.05) is 42.5 Å². The van der Waals surface area contributed by atoms with Crippen LogP contribution in [0.1, 0.15) is 21.5 Å². The average Bonchev–Trinajstić information content (AvgIpc) is 2.88. The smallest absolute Gasteiger partial charge is 0.294 e. The molecule has 0 saturated heterocycles. The van der Waals surface area contributed by atoms with E-state index in [0.717, 1.165) is 11.1 Å². The molecule has 0 unspecified atom stereocenters. The van der Waals surface area contributed by atoms with Gasteiger partial charge in [0.1, 0.15) is 0 Å². The van der Waals surface area contributed by atoms with E-state index in [1.54, 1.807) is 44.5 Å². The minimum Gasteiger partial charge on any atom is -0.493 e. The maximum Gasteiger partial charge on any atom is 0.294 e. The van der Waals surface area contributed by atoms with Crippen LogP contribution >= 0.6 is 0 Å². The van der Waals surface area contributed by atoms with E-state index in [4.69, 9.17) is 9.47 Å². The third-order valence-electron chi connectivity index (χ3n) is 5.33. The molecule has 1 amide bonds. The van der Waals surface area contributed by atoms with Gasteiger partial charge in [0.25, 0.3) is 11.5 Å². The molecule has 178 valence electrons. The number of hydrogen-bond acceptors (Lipinski definition) is 6. The van der Waals surface area contributed by atoms with Crippen LogP contribution in [-0.2, 0) is 13.6 Å². The van der Waals surface area contributed by atoms with Gasteiger partial charge < -0.3 is 20.1 Å². The lowest BCUT2D eigenvalue weighted by molar-refractivity contribution is 0.0951. The first-order chi connectivity index (χ1) is 16.9. The van der Waals surface area contributed by atoms with Crippen LogP contribution in [0.4, 0.5) is 11.4 Å². The molecule has 8 heteroatoms. The van der Waals surface area contributed by atoms with E-state index in [0.29, 0.717) is 29.3 Å². The van der Waals surface area contributed by atoms with Gasteiger partial charge in [0.05, 0.1) is 13.3 Å². The molecule has 3 aromatic carbocycles. The second-order valence-electron chi connectivity index (χ2n) is 7.94. The van der Waals surface area contributed by atoms with Gasteiger partial charge in [-0.05, 0) is 48.4 Å². The van der Waals surface area contributed by atoms with Crippen LogP contribution in [0.15, 0.2) is 83.8 Å². The summed E-state index contributed by atoms with van der Waals surface area (Å²) in [4.78, 5) is 25.6. The number of carbonyl (C=O) groups is 1. The van der Waals surface area contributed by atoms with Crippen molar-refractivity contribution in [1.82, 2.24) is 15.1 Å². The Morgan fingerprint density at radius 1 is 0.971 bits per heavy atom. The molecule has 0 atom stereocenters. The van der Waals surface area contributed by atoms with Crippen LogP contribution < -0.4 is 25.7 Å². The number of carbonyl (C=O) groups excluding carboxylic acids is 1. The first kappa shape index (κ1) is 23.6. The first-order valence-corrected chi connectivity index (χ1v) is 11.0. The molecule has 0 bridgehead atoms. The maximum atomic E-state index is 12.9. The van der Waals surface area contributed by atoms with Crippen LogP contribution in [0.25, 0.3) is 0 Å². The molecular weight excluding hydrogens is 444 g/mol. The van der Waals surface area contributed by atoms with E-state index in [9.17, 15) is 9.59 Å². The maximum absolute atomic E-state index is 12.9. The Morgan fingerprint density at radius 3 is 2.54 bits per heavy atom. The molecule has 8 nitrogen and oxygen atoms in total. The van der Waals surface area contributed by atoms with Crippen LogP contribution in [-0.4, -0.2) is 22.8 Å². The molecule has 4 aromatic rings. The van der Waals surface area contributed by atoms with Gasteiger partial charge in [-0.25, -0.2) is 4.68 Å². The number of amides is 1. The molecule has 0 spiro atoms. The van der Waals surface area contributed by atoms with Crippen LogP contribution in [0.3, 0.4) is 0 Å². The number of ether oxygens (including phenoxy) is 2. The molecule has 0 aliphatic rings. The van der Waals surface area contributed by atoms with Crippen molar-refractivity contribution in [2.24, 2.45) is 7.05 Å². The number of nitrogens with one attached hydrogen (secondary N) is 2. The zero-order valence-corrected chi connectivity index (χ0v) is 19.7. The van der Waals surface area contributed by atoms with Gasteiger partial charge in [-0.2, -0.15) is 5.10 Å². The lowest BCUT2D eigenvalue weighted by Crippen LogP contribution is -2.23. The molecule has 0 saturated carbocycles. The van der Waals surface area contributed by atoms with Crippen molar-refractivity contribution in [2.45, 2.75) is 13.5 Å². The Hall–Kier alpha value is -4.59. The normalized spacial score (nSPS) is 10.5. The highest BCUT2D eigenvalue weighted by molar-refractivity contribution is 5.95. The Balaban J connectivity index is 1.58. The van der Waals surface area contributed by atoms with Gasteiger partial charge in [-0.15, -0.1) is 0 Å². The number of aryl methyl sites for hydroxylation is 2. The van der Waals surface area contributed by atoms with Gasteiger partial charge in [0.2, 0.25) is 0 Å². The van der Waals surface area contributed by atoms with E-state index in [2.05, 4.69) is 15.7 Å². The molecule has 1 heterocycles. The highest BCUT2D eigenvalue weighted by Crippen LogP contribution is 2.35. The summed E-state index contributed by atoms with van der Waals surface area (Å²) in [6.07, 6.45) is 1.46. The second kappa shape index (κ2) is 10.6. The zero-order chi connectivity index (χ0) is 24.8. The number of methoxy groups -OCH3 is 1. The van der Waals surface area contributed by atoms with Crippen LogP contribution in [0.5, 0.6) is 17.2 Å². The standard InChI is InChI=1S/C27H26N4O4/c1-18-12-13-22(23(14-18)34-3)35-24-17-29-31(2)27(33)25(24)30-21-11-7-10-20(15-21)26(32)28-16-19-8-5-4-6-9-19/h4-15,17,30H,16H2,1-3H3,(H,28,32). The van der Waals surface area contributed by atoms with Crippen molar-refractivity contribution in [2.75, 3.05) is 12.4 Å². The summed E-state index contributed by atoms with van der Waals surface area (Å²) in [5.74, 6) is 0.995. The molecule has 0 aliphatic heterocycles. The molecule has 35 heavy (non-hydrogen) atoms. The molecular formula is C27H26N4O4. The monoisotopic (exact) mass is 470 g/mol. The third-order valence-corrected chi connectivity index (χ3v) is 5.33. The first-order valence-electron chi connectivity index (χ1n) is 11.0. The Bertz CT molecular complexity index is 1400. The number of anilines is 2. The van der Waals surface area contributed by atoms with Gasteiger partial charge in [0, 0.05) is 24.8 Å². The fraction of sp³-hybridized carbons (Fsp3) is 0.148. The largest absolute Gasteiger partial charge is 0.493 e. The topological polar surface area (TPSA) is 94.5 Å². The van der Waals surface area contributed by atoms with Gasteiger partial charge in [0.15, 0.2) is 22.9 Å². The second-order valence-corrected chi connectivity index (χ2v) is 7.94. The van der Waals surface area contributed by atoms with E-state index in [-0.39, 0.29) is 22.9 Å². The summed E-state index contributed by atoms with van der Waals surface area (Å²) in [6, 6.07) is 22.1. The molecule has 4 rings (SSSR count). The van der Waals surface area contributed by atoms with Crippen molar-refractivity contribution in [3.63, 3.8) is 0 Å². The van der Waals surface area contributed by atoms with Crippen molar-refractivity contribution < 1.29 is 14.3 Å². The molecule has 0 radical (unpaired) electrons. The van der Waals surface area contributed by atoms with Crippen molar-refractivity contribution in [3.8, 4) is 17.2 Å². The van der Waals surface area contributed by atoms with E-state index in [1.165, 1.54) is 10.9 Å². The highest BCUT2D eigenvalue weighted by Gasteiger charge is 2.16. The lowest BCUT2D eigenvalue weighted by atomic mass is 10.1. The average molecular weight is 471 g/mol.